The lowest BCUT2D eigenvalue weighted by Gasteiger charge is -2.15. The van der Waals surface area contributed by atoms with Crippen molar-refractivity contribution in [2.45, 2.75) is 0 Å². The fourth-order valence-corrected chi connectivity index (χ4v) is 2.55. The molecule has 3 rings (SSSR count). The van der Waals surface area contributed by atoms with Crippen molar-refractivity contribution in [3.8, 4) is 28.6 Å². The molecule has 6 nitrogen and oxygen atoms in total. The Labute approximate surface area is 141 Å². The summed E-state index contributed by atoms with van der Waals surface area (Å²) in [4.78, 5) is 19.0. The number of methoxy groups -OCH3 is 3. The molecule has 1 aromatic heterocycles. The maximum atomic E-state index is 13.5. The number of aromatic nitrogens is 2. The van der Waals surface area contributed by atoms with E-state index < -0.39 is 17.2 Å². The highest BCUT2D eigenvalue weighted by molar-refractivity contribution is 5.81. The minimum absolute atomic E-state index is 0.0227. The molecule has 0 bridgehead atoms. The lowest BCUT2D eigenvalue weighted by Crippen LogP contribution is -2.11. The maximum Gasteiger partial charge on any atom is 0.259 e. The largest absolute Gasteiger partial charge is 0.493 e. The molecule has 0 spiro atoms. The van der Waals surface area contributed by atoms with Crippen molar-refractivity contribution >= 4 is 10.9 Å². The Morgan fingerprint density at radius 2 is 1.64 bits per heavy atom. The van der Waals surface area contributed by atoms with Gasteiger partial charge in [0.2, 0.25) is 5.75 Å². The Morgan fingerprint density at radius 1 is 0.960 bits per heavy atom. The average molecular weight is 348 g/mol. The number of benzene rings is 2. The standard InChI is InChI=1S/C17H14F2N2O4/c1-23-13-5-4-8(14(24-2)15(13)25-3)16-20-12-7-11(19)10(18)6-9(12)17(22)21-16/h4-7H,1-3H3,(H,20,21,22). The number of nitrogens with zero attached hydrogens (tertiary/aromatic N) is 1. The van der Waals surface area contributed by atoms with Crippen LogP contribution in [0, 0.1) is 11.6 Å². The molecule has 0 radical (unpaired) electrons. The van der Waals surface area contributed by atoms with Crippen LogP contribution in [0.15, 0.2) is 29.1 Å². The van der Waals surface area contributed by atoms with Crippen molar-refractivity contribution in [3.05, 3.63) is 46.3 Å². The average Bonchev–Trinajstić information content (AvgIpc) is 2.61. The fourth-order valence-electron chi connectivity index (χ4n) is 2.55. The summed E-state index contributed by atoms with van der Waals surface area (Å²) >= 11 is 0. The Bertz CT molecular complexity index is 1020. The minimum atomic E-state index is -1.11. The van der Waals surface area contributed by atoms with Crippen LogP contribution in [-0.4, -0.2) is 31.3 Å². The molecule has 0 saturated carbocycles. The zero-order valence-electron chi connectivity index (χ0n) is 13.6. The van der Waals surface area contributed by atoms with Crippen molar-refractivity contribution in [1.82, 2.24) is 9.97 Å². The Morgan fingerprint density at radius 3 is 2.28 bits per heavy atom. The van der Waals surface area contributed by atoms with Crippen LogP contribution in [0.5, 0.6) is 17.2 Å². The highest BCUT2D eigenvalue weighted by Crippen LogP contribution is 2.43. The van der Waals surface area contributed by atoms with Crippen LogP contribution in [0.1, 0.15) is 0 Å². The van der Waals surface area contributed by atoms with E-state index in [9.17, 15) is 13.6 Å². The van der Waals surface area contributed by atoms with Crippen LogP contribution >= 0.6 is 0 Å². The third kappa shape index (κ3) is 2.75. The summed E-state index contributed by atoms with van der Waals surface area (Å²) in [6.07, 6.45) is 0. The van der Waals surface area contributed by atoms with E-state index in [2.05, 4.69) is 9.97 Å². The van der Waals surface area contributed by atoms with Crippen molar-refractivity contribution in [2.24, 2.45) is 0 Å². The van der Waals surface area contributed by atoms with E-state index in [1.807, 2.05) is 0 Å². The predicted octanol–water partition coefficient (Wildman–Crippen LogP) is 2.89. The van der Waals surface area contributed by atoms with Gasteiger partial charge in [0.1, 0.15) is 5.82 Å². The van der Waals surface area contributed by atoms with E-state index in [0.29, 0.717) is 17.1 Å². The van der Waals surface area contributed by atoms with Gasteiger partial charge in [-0.1, -0.05) is 0 Å². The smallest absolute Gasteiger partial charge is 0.259 e. The second-order valence-corrected chi connectivity index (χ2v) is 5.08. The molecule has 0 unspecified atom stereocenters. The van der Waals surface area contributed by atoms with Gasteiger partial charge in [0, 0.05) is 6.07 Å². The monoisotopic (exact) mass is 348 g/mol. The molecule has 0 aliphatic heterocycles. The van der Waals surface area contributed by atoms with Crippen LogP contribution in [0.2, 0.25) is 0 Å². The molecule has 8 heteroatoms. The Kier molecular flexibility index (Phi) is 4.26. The first-order valence-corrected chi connectivity index (χ1v) is 7.18. The summed E-state index contributed by atoms with van der Waals surface area (Å²) in [5, 5.41) is -0.0536. The molecular formula is C17H14F2N2O4. The van der Waals surface area contributed by atoms with E-state index in [1.54, 1.807) is 12.1 Å². The van der Waals surface area contributed by atoms with Gasteiger partial charge in [-0.3, -0.25) is 4.79 Å². The summed E-state index contributed by atoms with van der Waals surface area (Å²) in [6, 6.07) is 4.92. The van der Waals surface area contributed by atoms with Gasteiger partial charge in [-0.15, -0.1) is 0 Å². The van der Waals surface area contributed by atoms with E-state index in [0.717, 1.165) is 12.1 Å². The van der Waals surface area contributed by atoms with E-state index in [4.69, 9.17) is 14.2 Å². The predicted molar refractivity (Wildman–Crippen MR) is 87.4 cm³/mol. The van der Waals surface area contributed by atoms with Crippen molar-refractivity contribution in [3.63, 3.8) is 0 Å². The number of nitrogens with one attached hydrogen (secondary N) is 1. The number of aromatic amines is 1. The van der Waals surface area contributed by atoms with Crippen molar-refractivity contribution < 1.29 is 23.0 Å². The van der Waals surface area contributed by atoms with Gasteiger partial charge >= 0.3 is 0 Å². The zero-order chi connectivity index (χ0) is 18.1. The number of hydrogen-bond donors (Lipinski definition) is 1. The normalized spacial score (nSPS) is 10.8. The van der Waals surface area contributed by atoms with Crippen LogP contribution in [0.25, 0.3) is 22.3 Å². The van der Waals surface area contributed by atoms with Gasteiger partial charge in [-0.25, -0.2) is 13.8 Å². The molecule has 0 fully saturated rings. The molecule has 25 heavy (non-hydrogen) atoms. The highest BCUT2D eigenvalue weighted by Gasteiger charge is 2.19. The number of H-pyrrole nitrogens is 1. The molecule has 0 aliphatic rings. The van der Waals surface area contributed by atoms with Crippen molar-refractivity contribution in [1.29, 1.82) is 0 Å². The van der Waals surface area contributed by atoms with Gasteiger partial charge in [-0.05, 0) is 18.2 Å². The van der Waals surface area contributed by atoms with E-state index >= 15 is 0 Å². The van der Waals surface area contributed by atoms with Crippen LogP contribution < -0.4 is 19.8 Å². The third-order valence-corrected chi connectivity index (χ3v) is 3.71. The third-order valence-electron chi connectivity index (χ3n) is 3.71. The van der Waals surface area contributed by atoms with Gasteiger partial charge < -0.3 is 19.2 Å². The van der Waals surface area contributed by atoms with Crippen LogP contribution in [-0.2, 0) is 0 Å². The number of hydrogen-bond acceptors (Lipinski definition) is 5. The summed E-state index contributed by atoms with van der Waals surface area (Å²) in [6.45, 7) is 0. The highest BCUT2D eigenvalue weighted by atomic mass is 19.2. The summed E-state index contributed by atoms with van der Waals surface area (Å²) in [7, 11) is 4.35. The van der Waals surface area contributed by atoms with Gasteiger partial charge in [-0.2, -0.15) is 0 Å². The lowest BCUT2D eigenvalue weighted by atomic mass is 10.1. The van der Waals surface area contributed by atoms with Crippen LogP contribution in [0.4, 0.5) is 8.78 Å². The fraction of sp³-hybridized carbons (Fsp3) is 0.176. The van der Waals surface area contributed by atoms with Gasteiger partial charge in [0.25, 0.3) is 5.56 Å². The van der Waals surface area contributed by atoms with Gasteiger partial charge in [0.05, 0.1) is 37.8 Å². The Hall–Kier alpha value is -3.16. The first-order chi connectivity index (χ1) is 12.0. The van der Waals surface area contributed by atoms with Gasteiger partial charge in [0.15, 0.2) is 23.1 Å². The molecular weight excluding hydrogens is 334 g/mol. The van der Waals surface area contributed by atoms with E-state index in [1.165, 1.54) is 21.3 Å². The molecule has 130 valence electrons. The molecule has 2 aromatic carbocycles. The van der Waals surface area contributed by atoms with Crippen LogP contribution in [0.3, 0.4) is 0 Å². The zero-order valence-corrected chi connectivity index (χ0v) is 13.6. The second kappa shape index (κ2) is 6.39. The first kappa shape index (κ1) is 16.7. The van der Waals surface area contributed by atoms with E-state index in [-0.39, 0.29) is 22.5 Å². The molecule has 0 aliphatic carbocycles. The minimum Gasteiger partial charge on any atom is -0.493 e. The SMILES string of the molecule is COc1ccc(-c2nc3cc(F)c(F)cc3c(=O)[nH]2)c(OC)c1OC. The lowest BCUT2D eigenvalue weighted by molar-refractivity contribution is 0.325. The molecule has 0 atom stereocenters. The summed E-state index contributed by atoms with van der Waals surface area (Å²) in [5.74, 6) is -1.05. The molecule has 1 heterocycles. The van der Waals surface area contributed by atoms with Crippen molar-refractivity contribution in [2.75, 3.05) is 21.3 Å². The first-order valence-electron chi connectivity index (χ1n) is 7.18. The summed E-state index contributed by atoms with van der Waals surface area (Å²) < 4.78 is 42.7. The number of halogens is 2. The maximum absolute atomic E-state index is 13.5. The second-order valence-electron chi connectivity index (χ2n) is 5.08. The number of rotatable bonds is 4. The number of ether oxygens (including phenoxy) is 3. The molecule has 3 aromatic rings. The number of fused-ring (bicyclic) bond motifs is 1. The molecule has 0 amide bonds. The quantitative estimate of drug-likeness (QED) is 0.785. The molecule has 0 saturated heterocycles. The topological polar surface area (TPSA) is 73.4 Å². The Balaban J connectivity index is 2.30. The molecule has 1 N–H and O–H groups in total. The summed E-state index contributed by atoms with van der Waals surface area (Å²) in [5.41, 5.74) is -0.172.